The molecule has 1 aliphatic heterocycles. The summed E-state index contributed by atoms with van der Waals surface area (Å²) in [5.41, 5.74) is 3.84. The first kappa shape index (κ1) is 24.3. The number of hydrogen-bond acceptors (Lipinski definition) is 5. The molecule has 2 amide bonds. The van der Waals surface area contributed by atoms with Gasteiger partial charge in [0.25, 0.3) is 5.91 Å². The van der Waals surface area contributed by atoms with E-state index in [0.717, 1.165) is 35.5 Å². The number of hydrogen-bond donors (Lipinski definition) is 1. The highest BCUT2D eigenvalue weighted by Gasteiger charge is 2.28. The fraction of sp³-hybridized carbons (Fsp3) is 0.321. The van der Waals surface area contributed by atoms with Gasteiger partial charge in [0.05, 0.1) is 31.9 Å². The average Bonchev–Trinajstić information content (AvgIpc) is 2.88. The van der Waals surface area contributed by atoms with Gasteiger partial charge in [-0.3, -0.25) is 14.6 Å². The number of amides is 2. The quantitative estimate of drug-likeness (QED) is 0.542. The van der Waals surface area contributed by atoms with Gasteiger partial charge in [-0.05, 0) is 61.7 Å². The second kappa shape index (κ2) is 11.0. The smallest absolute Gasteiger partial charge is 0.257 e. The molecule has 7 nitrogen and oxygen atoms in total. The van der Waals surface area contributed by atoms with Gasteiger partial charge >= 0.3 is 0 Å². The van der Waals surface area contributed by atoms with Crippen molar-refractivity contribution in [1.82, 2.24) is 9.88 Å². The van der Waals surface area contributed by atoms with E-state index in [-0.39, 0.29) is 17.7 Å². The molecule has 1 N–H and O–H groups in total. The molecular formula is C28H31N3O4. The Morgan fingerprint density at radius 2 is 1.66 bits per heavy atom. The van der Waals surface area contributed by atoms with Gasteiger partial charge in [0.1, 0.15) is 11.5 Å². The largest absolute Gasteiger partial charge is 0.497 e. The van der Waals surface area contributed by atoms with Gasteiger partial charge in [0, 0.05) is 36.5 Å². The number of methoxy groups -OCH3 is 2. The van der Waals surface area contributed by atoms with Crippen molar-refractivity contribution in [1.29, 1.82) is 0 Å². The molecule has 0 spiro atoms. The number of pyridine rings is 1. The molecule has 0 unspecified atom stereocenters. The molecule has 1 saturated heterocycles. The van der Waals surface area contributed by atoms with Gasteiger partial charge in [0.15, 0.2) is 0 Å². The van der Waals surface area contributed by atoms with Gasteiger partial charge in [-0.15, -0.1) is 0 Å². The summed E-state index contributed by atoms with van der Waals surface area (Å²) in [6.07, 6.45) is 1.87. The van der Waals surface area contributed by atoms with Crippen LogP contribution in [0.2, 0.25) is 0 Å². The van der Waals surface area contributed by atoms with Crippen LogP contribution in [0.15, 0.2) is 60.7 Å². The van der Waals surface area contributed by atoms with E-state index in [0.29, 0.717) is 36.5 Å². The van der Waals surface area contributed by atoms with Gasteiger partial charge in [0.2, 0.25) is 5.91 Å². The fourth-order valence-corrected chi connectivity index (χ4v) is 4.45. The molecule has 4 rings (SSSR count). The number of aromatic nitrogens is 1. The van der Waals surface area contributed by atoms with Crippen LogP contribution in [0.4, 0.5) is 5.69 Å². The Balaban J connectivity index is 1.43. The van der Waals surface area contributed by atoms with Crippen molar-refractivity contribution in [2.24, 2.45) is 0 Å². The van der Waals surface area contributed by atoms with E-state index in [1.54, 1.807) is 20.3 Å². The maximum Gasteiger partial charge on any atom is 0.257 e. The van der Waals surface area contributed by atoms with Crippen LogP contribution >= 0.6 is 0 Å². The highest BCUT2D eigenvalue weighted by Crippen LogP contribution is 2.30. The Labute approximate surface area is 206 Å². The van der Waals surface area contributed by atoms with E-state index in [2.05, 4.69) is 5.32 Å². The minimum Gasteiger partial charge on any atom is -0.497 e. The summed E-state index contributed by atoms with van der Waals surface area (Å²) in [5, 5.41) is 2.96. The summed E-state index contributed by atoms with van der Waals surface area (Å²) < 4.78 is 10.5. The van der Waals surface area contributed by atoms with Crippen molar-refractivity contribution in [2.75, 3.05) is 32.6 Å². The van der Waals surface area contributed by atoms with Crippen LogP contribution in [0.3, 0.4) is 0 Å². The van der Waals surface area contributed by atoms with Crippen LogP contribution in [0.1, 0.15) is 46.1 Å². The summed E-state index contributed by atoms with van der Waals surface area (Å²) in [6, 6.07) is 18.6. The number of carbonyl (C=O) groups is 2. The number of piperidine rings is 1. The average molecular weight is 474 g/mol. The molecular weight excluding hydrogens is 442 g/mol. The summed E-state index contributed by atoms with van der Waals surface area (Å²) in [4.78, 5) is 32.7. The lowest BCUT2D eigenvalue weighted by atomic mass is 9.89. The number of benzene rings is 2. The molecule has 0 saturated carbocycles. The Bertz CT molecular complexity index is 1200. The summed E-state index contributed by atoms with van der Waals surface area (Å²) in [5.74, 6) is 1.44. The third-order valence-electron chi connectivity index (χ3n) is 6.36. The number of likely N-dealkylation sites (tertiary alicyclic amines) is 1. The number of ether oxygens (including phenoxy) is 2. The van der Waals surface area contributed by atoms with Crippen molar-refractivity contribution in [3.8, 4) is 11.5 Å². The number of rotatable bonds is 7. The number of nitrogens with one attached hydrogen (secondary N) is 1. The van der Waals surface area contributed by atoms with E-state index in [1.807, 2.05) is 66.4 Å². The molecule has 182 valence electrons. The van der Waals surface area contributed by atoms with Gasteiger partial charge in [-0.1, -0.05) is 18.2 Å². The Kier molecular flexibility index (Phi) is 7.65. The van der Waals surface area contributed by atoms with Crippen LogP contribution in [0.25, 0.3) is 0 Å². The minimum absolute atomic E-state index is 0.102. The third-order valence-corrected chi connectivity index (χ3v) is 6.36. The Morgan fingerprint density at radius 3 is 2.37 bits per heavy atom. The van der Waals surface area contributed by atoms with E-state index >= 15 is 0 Å². The first-order valence-corrected chi connectivity index (χ1v) is 11.8. The molecule has 35 heavy (non-hydrogen) atoms. The predicted molar refractivity (Wildman–Crippen MR) is 135 cm³/mol. The van der Waals surface area contributed by atoms with Crippen molar-refractivity contribution in [3.05, 3.63) is 83.2 Å². The minimum atomic E-state index is -0.197. The zero-order valence-corrected chi connectivity index (χ0v) is 20.4. The summed E-state index contributed by atoms with van der Waals surface area (Å²) in [6.45, 7) is 3.21. The van der Waals surface area contributed by atoms with Crippen LogP contribution in [-0.2, 0) is 11.2 Å². The Hall–Kier alpha value is -3.87. The van der Waals surface area contributed by atoms with Crippen molar-refractivity contribution in [3.63, 3.8) is 0 Å². The van der Waals surface area contributed by atoms with E-state index in [1.165, 1.54) is 0 Å². The fourth-order valence-electron chi connectivity index (χ4n) is 4.45. The molecule has 0 aliphatic carbocycles. The van der Waals surface area contributed by atoms with E-state index in [4.69, 9.17) is 14.5 Å². The van der Waals surface area contributed by atoms with Crippen LogP contribution < -0.4 is 14.8 Å². The molecule has 0 radical (unpaired) electrons. The molecule has 3 aromatic rings. The van der Waals surface area contributed by atoms with Crippen LogP contribution in [-0.4, -0.2) is 49.0 Å². The maximum atomic E-state index is 13.1. The van der Waals surface area contributed by atoms with E-state index < -0.39 is 0 Å². The van der Waals surface area contributed by atoms with Gasteiger partial charge in [-0.25, -0.2) is 0 Å². The molecule has 7 heteroatoms. The summed E-state index contributed by atoms with van der Waals surface area (Å²) in [7, 11) is 3.22. The normalized spacial score (nSPS) is 13.9. The predicted octanol–water partition coefficient (Wildman–Crippen LogP) is 4.61. The lowest BCUT2D eigenvalue weighted by Crippen LogP contribution is -2.39. The highest BCUT2D eigenvalue weighted by molar-refractivity contribution is 6.05. The zero-order valence-electron chi connectivity index (χ0n) is 20.4. The van der Waals surface area contributed by atoms with Crippen molar-refractivity contribution in [2.45, 2.75) is 32.1 Å². The zero-order chi connectivity index (χ0) is 24.8. The SMILES string of the molecule is COc1cccc(CC(=O)N2CCC(c3nc(C)ccc3C(=O)Nc3cccc(OC)c3)CC2)c1. The first-order chi connectivity index (χ1) is 17.0. The molecule has 1 aromatic heterocycles. The lowest BCUT2D eigenvalue weighted by molar-refractivity contribution is -0.131. The number of aryl methyl sites for hydroxylation is 1. The molecule has 1 aliphatic rings. The second-order valence-corrected chi connectivity index (χ2v) is 8.75. The monoisotopic (exact) mass is 473 g/mol. The third kappa shape index (κ3) is 5.98. The molecule has 0 atom stereocenters. The summed E-state index contributed by atoms with van der Waals surface area (Å²) >= 11 is 0. The number of carbonyl (C=O) groups excluding carboxylic acids is 2. The Morgan fingerprint density at radius 1 is 0.971 bits per heavy atom. The standard InChI is InChI=1S/C28H31N3O4/c1-19-10-11-25(28(33)30-22-7-5-9-24(18-22)35-3)27(29-19)21-12-14-31(15-13-21)26(32)17-20-6-4-8-23(16-20)34-2/h4-11,16,18,21H,12-15,17H2,1-3H3,(H,30,33). The first-order valence-electron chi connectivity index (χ1n) is 11.8. The highest BCUT2D eigenvalue weighted by atomic mass is 16.5. The number of anilines is 1. The molecule has 0 bridgehead atoms. The van der Waals surface area contributed by atoms with Crippen molar-refractivity contribution >= 4 is 17.5 Å². The van der Waals surface area contributed by atoms with E-state index in [9.17, 15) is 9.59 Å². The molecule has 1 fully saturated rings. The van der Waals surface area contributed by atoms with Gasteiger partial charge in [-0.2, -0.15) is 0 Å². The second-order valence-electron chi connectivity index (χ2n) is 8.75. The van der Waals surface area contributed by atoms with Crippen molar-refractivity contribution < 1.29 is 19.1 Å². The van der Waals surface area contributed by atoms with Crippen LogP contribution in [0, 0.1) is 6.92 Å². The molecule has 2 aromatic carbocycles. The van der Waals surface area contributed by atoms with Gasteiger partial charge < -0.3 is 19.7 Å². The topological polar surface area (TPSA) is 80.8 Å². The number of nitrogens with zero attached hydrogens (tertiary/aromatic N) is 2. The van der Waals surface area contributed by atoms with Crippen LogP contribution in [0.5, 0.6) is 11.5 Å². The maximum absolute atomic E-state index is 13.1. The lowest BCUT2D eigenvalue weighted by Gasteiger charge is -2.32. The molecule has 2 heterocycles.